The van der Waals surface area contributed by atoms with Gasteiger partial charge in [0.2, 0.25) is 5.91 Å². The van der Waals surface area contributed by atoms with Crippen LogP contribution >= 0.6 is 0 Å². The second-order valence-electron chi connectivity index (χ2n) is 8.22. The highest BCUT2D eigenvalue weighted by Gasteiger charge is 2.62. The van der Waals surface area contributed by atoms with E-state index >= 15 is 0 Å². The summed E-state index contributed by atoms with van der Waals surface area (Å²) in [6, 6.07) is 8.53. The SMILES string of the molecule is COCC1C(=O)N(C(=O)OC(C)(C)C)[C@H](C)[C@@]1(C)C(=O)OCc1ccccc1. The van der Waals surface area contributed by atoms with E-state index in [1.807, 2.05) is 30.3 Å². The third-order valence-electron chi connectivity index (χ3n) is 5.09. The maximum atomic E-state index is 13.0. The van der Waals surface area contributed by atoms with E-state index < -0.39 is 40.9 Å². The summed E-state index contributed by atoms with van der Waals surface area (Å²) >= 11 is 0. The summed E-state index contributed by atoms with van der Waals surface area (Å²) in [5.41, 5.74) is -1.18. The largest absolute Gasteiger partial charge is 0.460 e. The molecule has 0 spiro atoms. The minimum Gasteiger partial charge on any atom is -0.460 e. The molecule has 0 bridgehead atoms. The number of amides is 2. The molecule has 1 heterocycles. The Labute approximate surface area is 165 Å². The smallest absolute Gasteiger partial charge is 0.417 e. The molecule has 0 aliphatic carbocycles. The van der Waals surface area contributed by atoms with Gasteiger partial charge in [0, 0.05) is 7.11 Å². The van der Waals surface area contributed by atoms with Crippen molar-refractivity contribution in [3.05, 3.63) is 35.9 Å². The first-order chi connectivity index (χ1) is 13.0. The Kier molecular flexibility index (Phi) is 6.49. The van der Waals surface area contributed by atoms with Crippen LogP contribution in [0.25, 0.3) is 0 Å². The van der Waals surface area contributed by atoms with Crippen LogP contribution in [0.15, 0.2) is 30.3 Å². The van der Waals surface area contributed by atoms with Crippen molar-refractivity contribution in [3.63, 3.8) is 0 Å². The number of nitrogens with zero attached hydrogens (tertiary/aromatic N) is 1. The van der Waals surface area contributed by atoms with E-state index in [0.717, 1.165) is 10.5 Å². The van der Waals surface area contributed by atoms with Gasteiger partial charge in [-0.3, -0.25) is 9.59 Å². The van der Waals surface area contributed by atoms with Crippen molar-refractivity contribution in [2.45, 2.75) is 52.9 Å². The first kappa shape index (κ1) is 21.9. The zero-order valence-electron chi connectivity index (χ0n) is 17.4. The van der Waals surface area contributed by atoms with Gasteiger partial charge in [-0.2, -0.15) is 0 Å². The molecule has 1 unspecified atom stereocenters. The molecule has 0 N–H and O–H groups in total. The van der Waals surface area contributed by atoms with Crippen molar-refractivity contribution >= 4 is 18.0 Å². The van der Waals surface area contributed by atoms with Gasteiger partial charge in [-0.1, -0.05) is 30.3 Å². The van der Waals surface area contributed by atoms with Crippen molar-refractivity contribution in [2.75, 3.05) is 13.7 Å². The van der Waals surface area contributed by atoms with Gasteiger partial charge < -0.3 is 14.2 Å². The Morgan fingerprint density at radius 2 is 1.79 bits per heavy atom. The summed E-state index contributed by atoms with van der Waals surface area (Å²) in [5, 5.41) is 0. The topological polar surface area (TPSA) is 82.1 Å². The highest BCUT2D eigenvalue weighted by molar-refractivity contribution is 6.01. The van der Waals surface area contributed by atoms with Crippen molar-refractivity contribution in [1.29, 1.82) is 0 Å². The van der Waals surface area contributed by atoms with E-state index in [1.54, 1.807) is 34.6 Å². The third-order valence-corrected chi connectivity index (χ3v) is 5.09. The van der Waals surface area contributed by atoms with Gasteiger partial charge in [-0.05, 0) is 40.2 Å². The second-order valence-corrected chi connectivity index (χ2v) is 8.22. The number of hydrogen-bond acceptors (Lipinski definition) is 6. The summed E-state index contributed by atoms with van der Waals surface area (Å²) in [5.74, 6) is -1.89. The quantitative estimate of drug-likeness (QED) is 0.717. The summed E-state index contributed by atoms with van der Waals surface area (Å²) in [6.07, 6.45) is -0.773. The molecular weight excluding hydrogens is 362 g/mol. The Hall–Kier alpha value is -2.41. The van der Waals surface area contributed by atoms with E-state index in [-0.39, 0.29) is 13.2 Å². The standard InChI is InChI=1S/C21H29NO6/c1-14-21(5,18(24)27-12-15-10-8-7-9-11-15)16(13-26-6)17(23)22(14)19(25)28-20(2,3)4/h7-11,14,16H,12-13H2,1-6H3/t14-,16?,21-/m1/s1. The van der Waals surface area contributed by atoms with Gasteiger partial charge in [-0.25, -0.2) is 9.69 Å². The summed E-state index contributed by atoms with van der Waals surface area (Å²) in [4.78, 5) is 39.6. The number of ether oxygens (including phenoxy) is 3. The third kappa shape index (κ3) is 4.35. The Morgan fingerprint density at radius 3 is 2.32 bits per heavy atom. The van der Waals surface area contributed by atoms with Gasteiger partial charge in [0.1, 0.15) is 12.2 Å². The number of hydrogen-bond donors (Lipinski definition) is 0. The zero-order chi connectivity index (χ0) is 21.1. The summed E-state index contributed by atoms with van der Waals surface area (Å²) < 4.78 is 16.1. The van der Waals surface area contributed by atoms with Gasteiger partial charge in [0.05, 0.1) is 24.0 Å². The first-order valence-electron chi connectivity index (χ1n) is 9.28. The van der Waals surface area contributed by atoms with Crippen molar-refractivity contribution in [1.82, 2.24) is 4.90 Å². The molecule has 0 saturated carbocycles. The Morgan fingerprint density at radius 1 is 1.18 bits per heavy atom. The second kappa shape index (κ2) is 8.31. The number of esters is 1. The minimum atomic E-state index is -1.25. The number of benzene rings is 1. The molecule has 1 aliphatic rings. The molecule has 1 aliphatic heterocycles. The van der Waals surface area contributed by atoms with Crippen LogP contribution < -0.4 is 0 Å². The normalized spacial score (nSPS) is 24.9. The van der Waals surface area contributed by atoms with Crippen molar-refractivity contribution in [2.24, 2.45) is 11.3 Å². The molecule has 1 aromatic rings. The van der Waals surface area contributed by atoms with Crippen LogP contribution in [0.5, 0.6) is 0 Å². The average Bonchev–Trinajstić information content (AvgIpc) is 2.81. The molecule has 154 valence electrons. The fraction of sp³-hybridized carbons (Fsp3) is 0.571. The summed E-state index contributed by atoms with van der Waals surface area (Å²) in [7, 11) is 1.45. The van der Waals surface area contributed by atoms with Crippen LogP contribution in [0.3, 0.4) is 0 Å². The molecule has 0 aromatic heterocycles. The molecular formula is C21H29NO6. The fourth-order valence-electron chi connectivity index (χ4n) is 3.34. The number of carbonyl (C=O) groups excluding carboxylic acids is 3. The molecule has 1 aromatic carbocycles. The highest BCUT2D eigenvalue weighted by atomic mass is 16.6. The molecule has 1 fully saturated rings. The summed E-state index contributed by atoms with van der Waals surface area (Å²) in [6.45, 7) is 8.53. The minimum absolute atomic E-state index is 0.000587. The van der Waals surface area contributed by atoms with Crippen LogP contribution in [0.1, 0.15) is 40.2 Å². The van der Waals surface area contributed by atoms with Crippen LogP contribution in [0.4, 0.5) is 4.79 Å². The number of rotatable bonds is 5. The van der Waals surface area contributed by atoms with E-state index in [4.69, 9.17) is 14.2 Å². The molecule has 1 saturated heterocycles. The number of carbonyl (C=O) groups is 3. The van der Waals surface area contributed by atoms with E-state index in [1.165, 1.54) is 7.11 Å². The molecule has 2 rings (SSSR count). The Balaban J connectivity index is 2.26. The molecule has 28 heavy (non-hydrogen) atoms. The lowest BCUT2D eigenvalue weighted by Gasteiger charge is -2.32. The maximum absolute atomic E-state index is 13.0. The van der Waals surface area contributed by atoms with E-state index in [2.05, 4.69) is 0 Å². The lowest BCUT2D eigenvalue weighted by atomic mass is 9.75. The zero-order valence-corrected chi connectivity index (χ0v) is 17.4. The average molecular weight is 391 g/mol. The fourth-order valence-corrected chi connectivity index (χ4v) is 3.34. The Bertz CT molecular complexity index is 726. The van der Waals surface area contributed by atoms with Gasteiger partial charge >= 0.3 is 12.1 Å². The van der Waals surface area contributed by atoms with Gasteiger partial charge in [0.25, 0.3) is 0 Å². The van der Waals surface area contributed by atoms with Crippen LogP contribution in [-0.2, 0) is 30.4 Å². The lowest BCUT2D eigenvalue weighted by molar-refractivity contribution is -0.161. The molecule has 0 radical (unpaired) electrons. The number of likely N-dealkylation sites (tertiary alicyclic amines) is 1. The monoisotopic (exact) mass is 391 g/mol. The number of methoxy groups -OCH3 is 1. The highest BCUT2D eigenvalue weighted by Crippen LogP contribution is 2.44. The molecule has 7 nitrogen and oxygen atoms in total. The van der Waals surface area contributed by atoms with Crippen molar-refractivity contribution in [3.8, 4) is 0 Å². The van der Waals surface area contributed by atoms with E-state index in [0.29, 0.717) is 0 Å². The van der Waals surface area contributed by atoms with Crippen LogP contribution in [0.2, 0.25) is 0 Å². The molecule has 3 atom stereocenters. The van der Waals surface area contributed by atoms with Gasteiger partial charge in [-0.15, -0.1) is 0 Å². The van der Waals surface area contributed by atoms with Crippen LogP contribution in [0, 0.1) is 11.3 Å². The predicted molar refractivity (Wildman–Crippen MR) is 102 cm³/mol. The van der Waals surface area contributed by atoms with E-state index in [9.17, 15) is 14.4 Å². The maximum Gasteiger partial charge on any atom is 0.417 e. The van der Waals surface area contributed by atoms with Crippen molar-refractivity contribution < 1.29 is 28.6 Å². The predicted octanol–water partition coefficient (Wildman–Crippen LogP) is 3.16. The first-order valence-corrected chi connectivity index (χ1v) is 9.28. The lowest BCUT2D eigenvalue weighted by Crippen LogP contribution is -2.47. The van der Waals surface area contributed by atoms with Crippen LogP contribution in [-0.4, -0.2) is 48.2 Å². The van der Waals surface area contributed by atoms with Gasteiger partial charge in [0.15, 0.2) is 0 Å². The molecule has 7 heteroatoms. The number of imide groups is 1. The molecule has 2 amide bonds.